The molecule has 0 aromatic heterocycles. The van der Waals surface area contributed by atoms with Crippen molar-refractivity contribution in [1.82, 2.24) is 15.5 Å². The van der Waals surface area contributed by atoms with Crippen LogP contribution in [0.3, 0.4) is 0 Å². The third-order valence-corrected chi connectivity index (χ3v) is 4.43. The first-order valence-electron chi connectivity index (χ1n) is 8.83. The second-order valence-corrected chi connectivity index (χ2v) is 6.47. The highest BCUT2D eigenvalue weighted by molar-refractivity contribution is 5.80. The summed E-state index contributed by atoms with van der Waals surface area (Å²) in [7, 11) is 3.16. The Labute approximate surface area is 141 Å². The van der Waals surface area contributed by atoms with Gasteiger partial charge in [0.15, 0.2) is 5.96 Å². The number of carbonyl (C=O) groups excluding carboxylic acids is 1. The fourth-order valence-corrected chi connectivity index (χ4v) is 3.02. The summed E-state index contributed by atoms with van der Waals surface area (Å²) in [6.07, 6.45) is 5.65. The molecule has 6 nitrogen and oxygen atoms in total. The van der Waals surface area contributed by atoms with Crippen LogP contribution < -0.4 is 10.6 Å². The molecule has 0 aromatic carbocycles. The molecule has 2 N–H and O–H groups in total. The Morgan fingerprint density at radius 1 is 1.17 bits per heavy atom. The molecule has 0 radical (unpaired) electrons. The van der Waals surface area contributed by atoms with Crippen LogP contribution in [0.5, 0.6) is 0 Å². The van der Waals surface area contributed by atoms with E-state index in [2.05, 4.69) is 39.1 Å². The largest absolute Gasteiger partial charge is 0.469 e. The van der Waals surface area contributed by atoms with Crippen molar-refractivity contribution in [2.75, 3.05) is 40.3 Å². The topological polar surface area (TPSA) is 66.0 Å². The van der Waals surface area contributed by atoms with Gasteiger partial charge in [0.25, 0.3) is 0 Å². The van der Waals surface area contributed by atoms with Crippen LogP contribution >= 0.6 is 0 Å². The van der Waals surface area contributed by atoms with Crippen LogP contribution in [0.25, 0.3) is 0 Å². The van der Waals surface area contributed by atoms with Gasteiger partial charge in [-0.2, -0.15) is 0 Å². The van der Waals surface area contributed by atoms with Gasteiger partial charge in [0, 0.05) is 26.2 Å². The molecule has 0 aromatic rings. The Kier molecular flexibility index (Phi) is 9.67. The van der Waals surface area contributed by atoms with Crippen molar-refractivity contribution in [2.45, 2.75) is 52.0 Å². The third-order valence-electron chi connectivity index (χ3n) is 4.43. The van der Waals surface area contributed by atoms with Crippen molar-refractivity contribution < 1.29 is 9.53 Å². The zero-order chi connectivity index (χ0) is 17.1. The molecule has 6 heteroatoms. The maximum absolute atomic E-state index is 11.1. The second-order valence-electron chi connectivity index (χ2n) is 6.47. The van der Waals surface area contributed by atoms with E-state index >= 15 is 0 Å². The van der Waals surface area contributed by atoms with Gasteiger partial charge in [-0.1, -0.05) is 26.7 Å². The van der Waals surface area contributed by atoms with Gasteiger partial charge >= 0.3 is 5.97 Å². The van der Waals surface area contributed by atoms with E-state index in [0.717, 1.165) is 12.5 Å². The lowest BCUT2D eigenvalue weighted by molar-refractivity contribution is -0.140. The Hall–Kier alpha value is -1.30. The van der Waals surface area contributed by atoms with E-state index in [9.17, 15) is 4.79 Å². The van der Waals surface area contributed by atoms with Crippen LogP contribution in [0, 0.1) is 5.92 Å². The maximum atomic E-state index is 11.1. The van der Waals surface area contributed by atoms with E-state index in [1.807, 2.05) is 0 Å². The molecule has 0 spiro atoms. The second kappa shape index (κ2) is 11.3. The van der Waals surface area contributed by atoms with Gasteiger partial charge in [-0.05, 0) is 31.8 Å². The zero-order valence-electron chi connectivity index (χ0n) is 15.2. The summed E-state index contributed by atoms with van der Waals surface area (Å²) < 4.78 is 4.64. The monoisotopic (exact) mass is 326 g/mol. The zero-order valence-corrected chi connectivity index (χ0v) is 15.2. The Morgan fingerprint density at radius 2 is 1.83 bits per heavy atom. The molecule has 0 saturated carbocycles. The first-order valence-corrected chi connectivity index (χ1v) is 8.83. The van der Waals surface area contributed by atoms with E-state index in [1.165, 1.54) is 45.9 Å². The lowest BCUT2D eigenvalue weighted by Gasteiger charge is -2.34. The normalized spacial score (nSPS) is 18.4. The van der Waals surface area contributed by atoms with Crippen LogP contribution in [0.2, 0.25) is 0 Å². The summed E-state index contributed by atoms with van der Waals surface area (Å²) in [4.78, 5) is 18.0. The fourth-order valence-electron chi connectivity index (χ4n) is 3.02. The van der Waals surface area contributed by atoms with E-state index in [1.54, 1.807) is 7.05 Å². The summed E-state index contributed by atoms with van der Waals surface area (Å²) in [5.74, 6) is 1.13. The fraction of sp³-hybridized carbons (Fsp3) is 0.882. The highest BCUT2D eigenvalue weighted by Crippen LogP contribution is 2.16. The molecule has 0 aliphatic carbocycles. The summed E-state index contributed by atoms with van der Waals surface area (Å²) in [6.45, 7) is 8.35. The van der Waals surface area contributed by atoms with Crippen LogP contribution in [0.15, 0.2) is 4.99 Å². The molecule has 23 heavy (non-hydrogen) atoms. The summed E-state index contributed by atoms with van der Waals surface area (Å²) in [5, 5.41) is 6.57. The number of hydrogen-bond acceptors (Lipinski definition) is 4. The minimum Gasteiger partial charge on any atom is -0.469 e. The molecule has 1 aliphatic rings. The highest BCUT2D eigenvalue weighted by Gasteiger charge is 2.22. The first kappa shape index (κ1) is 19.7. The molecule has 1 saturated heterocycles. The molecule has 1 heterocycles. The first-order chi connectivity index (χ1) is 11.1. The highest BCUT2D eigenvalue weighted by atomic mass is 16.5. The number of ether oxygens (including phenoxy) is 1. The molecule has 1 unspecified atom stereocenters. The van der Waals surface area contributed by atoms with E-state index in [4.69, 9.17) is 0 Å². The Balaban J connectivity index is 2.44. The van der Waals surface area contributed by atoms with Crippen molar-refractivity contribution in [1.29, 1.82) is 0 Å². The van der Waals surface area contributed by atoms with Crippen molar-refractivity contribution in [3.8, 4) is 0 Å². The molecular formula is C17H34N4O2. The molecule has 0 amide bonds. The lowest BCUT2D eigenvalue weighted by Crippen LogP contribution is -2.50. The number of nitrogens with zero attached hydrogens (tertiary/aromatic N) is 2. The van der Waals surface area contributed by atoms with Gasteiger partial charge in [0.05, 0.1) is 13.5 Å². The van der Waals surface area contributed by atoms with Crippen molar-refractivity contribution >= 4 is 11.9 Å². The average molecular weight is 326 g/mol. The number of methoxy groups -OCH3 is 1. The molecule has 1 aliphatic heterocycles. The van der Waals surface area contributed by atoms with Crippen LogP contribution in [-0.4, -0.2) is 63.2 Å². The van der Waals surface area contributed by atoms with Crippen LogP contribution in [-0.2, 0) is 9.53 Å². The summed E-state index contributed by atoms with van der Waals surface area (Å²) >= 11 is 0. The predicted molar refractivity (Wildman–Crippen MR) is 94.7 cm³/mol. The molecule has 1 rings (SSSR count). The van der Waals surface area contributed by atoms with Crippen LogP contribution in [0.4, 0.5) is 0 Å². The standard InChI is InChI=1S/C17H34N4O2/c1-14(2)15(21-11-7-5-6-8-12-21)13-20-17(18-3)19-10-9-16(22)23-4/h14-15H,5-13H2,1-4H3,(H2,18,19,20). The van der Waals surface area contributed by atoms with Gasteiger partial charge in [-0.15, -0.1) is 0 Å². The summed E-state index contributed by atoms with van der Waals surface area (Å²) in [5.41, 5.74) is 0. The molecule has 1 atom stereocenters. The SMILES string of the molecule is CN=C(NCCC(=O)OC)NCC(C(C)C)N1CCCCCC1. The van der Waals surface area contributed by atoms with Gasteiger partial charge in [-0.25, -0.2) is 0 Å². The molecule has 0 bridgehead atoms. The minimum atomic E-state index is -0.211. The smallest absolute Gasteiger partial charge is 0.307 e. The van der Waals surface area contributed by atoms with Crippen molar-refractivity contribution in [2.24, 2.45) is 10.9 Å². The average Bonchev–Trinajstić information content (AvgIpc) is 2.82. The Bertz CT molecular complexity index is 364. The van der Waals surface area contributed by atoms with Crippen molar-refractivity contribution in [3.63, 3.8) is 0 Å². The van der Waals surface area contributed by atoms with E-state index in [0.29, 0.717) is 24.9 Å². The number of esters is 1. The number of guanidine groups is 1. The van der Waals surface area contributed by atoms with E-state index in [-0.39, 0.29) is 5.97 Å². The number of carbonyl (C=O) groups is 1. The number of rotatable bonds is 7. The molecule has 1 fully saturated rings. The van der Waals surface area contributed by atoms with Gasteiger partial charge < -0.3 is 15.4 Å². The van der Waals surface area contributed by atoms with E-state index < -0.39 is 0 Å². The van der Waals surface area contributed by atoms with Gasteiger partial charge in [-0.3, -0.25) is 14.7 Å². The molecule has 134 valence electrons. The maximum Gasteiger partial charge on any atom is 0.307 e. The predicted octanol–water partition coefficient (Wildman–Crippen LogP) is 1.62. The quantitative estimate of drug-likeness (QED) is 0.423. The lowest BCUT2D eigenvalue weighted by atomic mass is 10.0. The summed E-state index contributed by atoms with van der Waals surface area (Å²) in [6, 6.07) is 0.507. The minimum absolute atomic E-state index is 0.211. The number of hydrogen-bond donors (Lipinski definition) is 2. The van der Waals surface area contributed by atoms with Gasteiger partial charge in [0.1, 0.15) is 0 Å². The number of aliphatic imine (C=N–C) groups is 1. The molecular weight excluding hydrogens is 292 g/mol. The third kappa shape index (κ3) is 7.68. The number of nitrogens with one attached hydrogen (secondary N) is 2. The van der Waals surface area contributed by atoms with Crippen LogP contribution in [0.1, 0.15) is 46.0 Å². The van der Waals surface area contributed by atoms with Crippen molar-refractivity contribution in [3.05, 3.63) is 0 Å². The Morgan fingerprint density at radius 3 is 2.35 bits per heavy atom. The van der Waals surface area contributed by atoms with Gasteiger partial charge in [0.2, 0.25) is 0 Å². The number of likely N-dealkylation sites (tertiary alicyclic amines) is 1.